The van der Waals surface area contributed by atoms with Crippen molar-refractivity contribution in [3.63, 3.8) is 0 Å². The zero-order chi connectivity index (χ0) is 12.9. The Balaban J connectivity index is 2.67. The van der Waals surface area contributed by atoms with E-state index in [-0.39, 0.29) is 0 Å². The van der Waals surface area contributed by atoms with Crippen molar-refractivity contribution in [3.8, 4) is 0 Å². The molecule has 1 heterocycles. The van der Waals surface area contributed by atoms with Gasteiger partial charge in [0.05, 0.1) is 0 Å². The van der Waals surface area contributed by atoms with Crippen LogP contribution in [0.2, 0.25) is 0 Å². The number of hydrogen-bond donors (Lipinski definition) is 5. The Labute approximate surface area is 96.9 Å². The normalized spacial score (nSPS) is 22.6. The van der Waals surface area contributed by atoms with Gasteiger partial charge in [-0.3, -0.25) is 9.13 Å². The predicted molar refractivity (Wildman–Crippen MR) is 60.1 cm³/mol. The fraction of sp³-hybridized carbons (Fsp3) is 0.250. The van der Waals surface area contributed by atoms with E-state index in [9.17, 15) is 28.7 Å². The van der Waals surface area contributed by atoms with Crippen molar-refractivity contribution in [3.05, 3.63) is 35.6 Å². The van der Waals surface area contributed by atoms with Gasteiger partial charge in [-0.25, -0.2) is 0 Å². The first-order valence-corrected chi connectivity index (χ1v) is 7.88. The fourth-order valence-electron chi connectivity index (χ4n) is 1.80. The van der Waals surface area contributed by atoms with Gasteiger partial charge in [-0.05, 0) is 17.7 Å². The second kappa shape index (κ2) is 3.65. The van der Waals surface area contributed by atoms with Crippen molar-refractivity contribution in [2.75, 3.05) is 6.54 Å². The second-order valence-electron chi connectivity index (χ2n) is 3.81. The molecule has 17 heavy (non-hydrogen) atoms. The summed E-state index contributed by atoms with van der Waals surface area (Å²) in [5.41, 5.74) is 0.710. The standard InChI is InChI=1S/C8H11NO6P2/c10-16(11,12)8(17(13,14)15)4-6-2-1-3-9-7(6)5-8/h1-2,4-5,9H,3H2,(H2,10,11,12)(H2,13,14,15). The van der Waals surface area contributed by atoms with Crippen molar-refractivity contribution in [1.29, 1.82) is 0 Å². The van der Waals surface area contributed by atoms with Gasteiger partial charge in [0.15, 0.2) is 0 Å². The summed E-state index contributed by atoms with van der Waals surface area (Å²) in [6, 6.07) is 0. The molecule has 2 aliphatic rings. The summed E-state index contributed by atoms with van der Waals surface area (Å²) in [5.74, 6) is 0. The van der Waals surface area contributed by atoms with Crippen molar-refractivity contribution in [2.24, 2.45) is 0 Å². The van der Waals surface area contributed by atoms with Crippen LogP contribution in [0.3, 0.4) is 0 Å². The average Bonchev–Trinajstić information content (AvgIpc) is 2.55. The minimum atomic E-state index is -5.03. The van der Waals surface area contributed by atoms with Gasteiger partial charge in [0, 0.05) is 12.2 Å². The predicted octanol–water partition coefficient (Wildman–Crippen LogP) is 0.0214. The van der Waals surface area contributed by atoms with E-state index in [0.29, 0.717) is 17.8 Å². The lowest BCUT2D eigenvalue weighted by Gasteiger charge is -2.26. The molecule has 0 atom stereocenters. The summed E-state index contributed by atoms with van der Waals surface area (Å²) in [6.07, 6.45) is 5.12. The van der Waals surface area contributed by atoms with E-state index in [4.69, 9.17) is 0 Å². The molecular weight excluding hydrogens is 268 g/mol. The quantitative estimate of drug-likeness (QED) is 0.451. The summed E-state index contributed by atoms with van der Waals surface area (Å²) in [6.45, 7) is 0.446. The van der Waals surface area contributed by atoms with E-state index in [0.717, 1.165) is 12.2 Å². The molecule has 2 rings (SSSR count). The highest BCUT2D eigenvalue weighted by atomic mass is 31.2. The lowest BCUT2D eigenvalue weighted by Crippen LogP contribution is -2.23. The minimum absolute atomic E-state index is 0.333. The van der Waals surface area contributed by atoms with Gasteiger partial charge >= 0.3 is 15.2 Å². The molecule has 5 N–H and O–H groups in total. The molecule has 0 saturated heterocycles. The SMILES string of the molecule is O=P(O)(O)C1(P(=O)(O)O)C=C2C=CCNC2=C1. The monoisotopic (exact) mass is 279 g/mol. The van der Waals surface area contributed by atoms with Gasteiger partial charge in [0.1, 0.15) is 0 Å². The Hall–Kier alpha value is -0.680. The van der Waals surface area contributed by atoms with Crippen LogP contribution >= 0.6 is 15.2 Å². The minimum Gasteiger partial charge on any atom is -0.381 e. The van der Waals surface area contributed by atoms with Crippen LogP contribution in [-0.4, -0.2) is 31.0 Å². The van der Waals surface area contributed by atoms with Gasteiger partial charge in [-0.15, -0.1) is 0 Å². The number of allylic oxidation sites excluding steroid dienone is 3. The molecule has 0 aromatic heterocycles. The summed E-state index contributed by atoms with van der Waals surface area (Å²) >= 11 is 0. The Morgan fingerprint density at radius 2 is 1.71 bits per heavy atom. The van der Waals surface area contributed by atoms with E-state index in [2.05, 4.69) is 5.32 Å². The highest BCUT2D eigenvalue weighted by molar-refractivity contribution is 7.73. The van der Waals surface area contributed by atoms with Crippen LogP contribution < -0.4 is 5.32 Å². The maximum absolute atomic E-state index is 11.4. The van der Waals surface area contributed by atoms with E-state index in [1.54, 1.807) is 12.2 Å². The van der Waals surface area contributed by atoms with E-state index in [1.165, 1.54) is 0 Å². The Morgan fingerprint density at radius 1 is 1.12 bits per heavy atom. The topological polar surface area (TPSA) is 127 Å². The third-order valence-corrected chi connectivity index (χ3v) is 6.62. The highest BCUT2D eigenvalue weighted by Gasteiger charge is 2.59. The van der Waals surface area contributed by atoms with Gasteiger partial charge < -0.3 is 24.9 Å². The molecule has 1 aliphatic carbocycles. The number of rotatable bonds is 2. The van der Waals surface area contributed by atoms with Gasteiger partial charge in [-0.1, -0.05) is 12.2 Å². The molecule has 7 nitrogen and oxygen atoms in total. The van der Waals surface area contributed by atoms with Crippen molar-refractivity contribution in [2.45, 2.75) is 4.90 Å². The Kier molecular flexibility index (Phi) is 2.74. The van der Waals surface area contributed by atoms with Crippen LogP contribution in [0.4, 0.5) is 0 Å². The van der Waals surface area contributed by atoms with E-state index < -0.39 is 20.1 Å². The van der Waals surface area contributed by atoms with Gasteiger partial charge in [-0.2, -0.15) is 0 Å². The smallest absolute Gasteiger partial charge is 0.351 e. The first-order chi connectivity index (χ1) is 7.67. The molecule has 0 amide bonds. The van der Waals surface area contributed by atoms with Gasteiger partial charge in [0.25, 0.3) is 0 Å². The van der Waals surface area contributed by atoms with Crippen LogP contribution in [-0.2, 0) is 9.13 Å². The summed E-state index contributed by atoms with van der Waals surface area (Å²) in [5, 5.41) is 2.80. The molecule has 0 aromatic rings. The third-order valence-electron chi connectivity index (χ3n) is 2.68. The van der Waals surface area contributed by atoms with Gasteiger partial charge in [0.2, 0.25) is 4.90 Å². The first kappa shape index (κ1) is 12.8. The zero-order valence-electron chi connectivity index (χ0n) is 8.52. The summed E-state index contributed by atoms with van der Waals surface area (Å²) in [4.78, 5) is 34.4. The van der Waals surface area contributed by atoms with E-state index >= 15 is 0 Å². The van der Waals surface area contributed by atoms with Crippen molar-refractivity contribution >= 4 is 15.2 Å². The molecular formula is C8H11NO6P2. The van der Waals surface area contributed by atoms with Crippen molar-refractivity contribution in [1.82, 2.24) is 5.32 Å². The molecule has 0 radical (unpaired) electrons. The number of fused-ring (bicyclic) bond motifs is 1. The number of hydrogen-bond acceptors (Lipinski definition) is 3. The van der Waals surface area contributed by atoms with Crippen LogP contribution in [0.15, 0.2) is 35.6 Å². The van der Waals surface area contributed by atoms with Crippen LogP contribution in [0.5, 0.6) is 0 Å². The van der Waals surface area contributed by atoms with Crippen molar-refractivity contribution < 1.29 is 28.7 Å². The first-order valence-electron chi connectivity index (χ1n) is 4.65. The molecule has 0 bridgehead atoms. The number of nitrogens with one attached hydrogen (secondary N) is 1. The van der Waals surface area contributed by atoms with E-state index in [1.807, 2.05) is 0 Å². The second-order valence-corrected chi connectivity index (χ2v) is 7.82. The van der Waals surface area contributed by atoms with Crippen LogP contribution in [0, 0.1) is 0 Å². The van der Waals surface area contributed by atoms with Crippen LogP contribution in [0.1, 0.15) is 0 Å². The Morgan fingerprint density at radius 3 is 2.18 bits per heavy atom. The molecule has 1 aliphatic heterocycles. The third kappa shape index (κ3) is 1.85. The molecule has 0 fully saturated rings. The molecule has 0 saturated carbocycles. The zero-order valence-corrected chi connectivity index (χ0v) is 10.3. The molecule has 9 heteroatoms. The van der Waals surface area contributed by atoms with Crippen LogP contribution in [0.25, 0.3) is 0 Å². The molecule has 0 spiro atoms. The maximum Gasteiger partial charge on any atom is 0.351 e. The average molecular weight is 279 g/mol. The summed E-state index contributed by atoms with van der Waals surface area (Å²) < 4.78 is 22.8. The largest absolute Gasteiger partial charge is 0.381 e. The lowest BCUT2D eigenvalue weighted by molar-refractivity contribution is 0.333. The highest BCUT2D eigenvalue weighted by Crippen LogP contribution is 2.72. The summed E-state index contributed by atoms with van der Waals surface area (Å²) in [7, 11) is -10.1. The lowest BCUT2D eigenvalue weighted by atomic mass is 10.2. The maximum atomic E-state index is 11.4. The molecule has 0 unspecified atom stereocenters. The molecule has 0 aromatic carbocycles. The fourth-order valence-corrected chi connectivity index (χ4v) is 4.36. The molecule has 94 valence electrons. The Bertz CT molecular complexity index is 514.